The molecule has 0 unspecified atom stereocenters. The first-order valence-corrected chi connectivity index (χ1v) is 9.13. The summed E-state index contributed by atoms with van der Waals surface area (Å²) < 4.78 is 27.0. The third-order valence-corrected chi connectivity index (χ3v) is 6.59. The number of sulfonamides is 1. The second-order valence-corrected chi connectivity index (χ2v) is 11.8. The summed E-state index contributed by atoms with van der Waals surface area (Å²) in [7, 11) is -3.29. The van der Waals surface area contributed by atoms with Gasteiger partial charge in [-0.1, -0.05) is 20.8 Å². The molecule has 1 aliphatic rings. The van der Waals surface area contributed by atoms with E-state index in [1.165, 1.54) is 12.8 Å². The van der Waals surface area contributed by atoms with Crippen LogP contribution in [0.1, 0.15) is 74.7 Å². The molecular formula is C16H33NO2S. The van der Waals surface area contributed by atoms with Crippen LogP contribution < -0.4 is 0 Å². The van der Waals surface area contributed by atoms with Crippen molar-refractivity contribution in [3.63, 3.8) is 0 Å². The maximum atomic E-state index is 13.0. The van der Waals surface area contributed by atoms with Crippen LogP contribution in [0.25, 0.3) is 0 Å². The van der Waals surface area contributed by atoms with Crippen LogP contribution in [0, 0.1) is 11.3 Å². The summed E-state index contributed by atoms with van der Waals surface area (Å²) in [5, 5.41) is 0. The maximum Gasteiger partial charge on any atom is 0.219 e. The van der Waals surface area contributed by atoms with E-state index in [1.807, 2.05) is 0 Å². The normalized spacial score (nSPS) is 18.6. The predicted octanol–water partition coefficient (Wildman–Crippen LogP) is 4.04. The molecule has 0 spiro atoms. The highest BCUT2D eigenvalue weighted by Crippen LogP contribution is 2.40. The molecule has 0 atom stereocenters. The number of hydrogen-bond donors (Lipinski definition) is 0. The molecule has 0 heterocycles. The van der Waals surface area contributed by atoms with Gasteiger partial charge >= 0.3 is 0 Å². The lowest BCUT2D eigenvalue weighted by Gasteiger charge is -2.44. The van der Waals surface area contributed by atoms with Gasteiger partial charge in [0, 0.05) is 12.1 Å². The van der Waals surface area contributed by atoms with Gasteiger partial charge in [-0.2, -0.15) is 4.31 Å². The minimum absolute atomic E-state index is 0.110. The molecule has 0 amide bonds. The van der Waals surface area contributed by atoms with E-state index in [2.05, 4.69) is 34.6 Å². The molecule has 1 rings (SSSR count). The molecule has 0 bridgehead atoms. The minimum atomic E-state index is -3.29. The van der Waals surface area contributed by atoms with Crippen molar-refractivity contribution in [2.45, 2.75) is 84.9 Å². The Bertz CT molecular complexity index is 434. The van der Waals surface area contributed by atoms with Gasteiger partial charge in [0.25, 0.3) is 0 Å². The second-order valence-electron chi connectivity index (χ2n) is 9.14. The summed E-state index contributed by atoms with van der Waals surface area (Å²) >= 11 is 0. The Morgan fingerprint density at radius 1 is 0.950 bits per heavy atom. The van der Waals surface area contributed by atoms with Crippen molar-refractivity contribution in [1.82, 2.24) is 4.31 Å². The lowest BCUT2D eigenvalue weighted by atomic mass is 9.81. The van der Waals surface area contributed by atoms with Crippen molar-refractivity contribution in [1.29, 1.82) is 0 Å². The van der Waals surface area contributed by atoms with Crippen LogP contribution in [0.5, 0.6) is 0 Å². The summed E-state index contributed by atoms with van der Waals surface area (Å²) in [4.78, 5) is 0. The summed E-state index contributed by atoms with van der Waals surface area (Å²) in [5.74, 6) is 0.561. The van der Waals surface area contributed by atoms with Crippen LogP contribution >= 0.6 is 0 Å². The van der Waals surface area contributed by atoms with E-state index in [-0.39, 0.29) is 11.0 Å². The van der Waals surface area contributed by atoms with Gasteiger partial charge in [0.2, 0.25) is 10.0 Å². The van der Waals surface area contributed by atoms with E-state index in [9.17, 15) is 8.42 Å². The fourth-order valence-electron chi connectivity index (χ4n) is 2.92. The van der Waals surface area contributed by atoms with Crippen molar-refractivity contribution in [2.24, 2.45) is 11.3 Å². The third kappa shape index (κ3) is 4.45. The molecule has 0 N–H and O–H groups in total. The van der Waals surface area contributed by atoms with Crippen molar-refractivity contribution in [3.05, 3.63) is 0 Å². The topological polar surface area (TPSA) is 37.4 Å². The molecule has 1 fully saturated rings. The first-order valence-electron chi connectivity index (χ1n) is 7.69. The monoisotopic (exact) mass is 303 g/mol. The maximum absolute atomic E-state index is 13.0. The van der Waals surface area contributed by atoms with Gasteiger partial charge in [0.05, 0.1) is 4.75 Å². The van der Waals surface area contributed by atoms with Crippen molar-refractivity contribution >= 4 is 10.0 Å². The molecule has 20 heavy (non-hydrogen) atoms. The van der Waals surface area contributed by atoms with Crippen LogP contribution in [0.4, 0.5) is 0 Å². The van der Waals surface area contributed by atoms with Crippen LogP contribution in [0.2, 0.25) is 0 Å². The summed E-state index contributed by atoms with van der Waals surface area (Å²) in [6.07, 6.45) is 3.20. The summed E-state index contributed by atoms with van der Waals surface area (Å²) in [6, 6.07) is 0. The Morgan fingerprint density at radius 3 is 1.70 bits per heavy atom. The molecule has 0 aromatic rings. The third-order valence-electron chi connectivity index (χ3n) is 3.82. The van der Waals surface area contributed by atoms with E-state index in [0.29, 0.717) is 12.5 Å². The smallest absolute Gasteiger partial charge is 0.212 e. The van der Waals surface area contributed by atoms with Crippen LogP contribution in [-0.2, 0) is 10.0 Å². The molecule has 0 radical (unpaired) electrons. The zero-order valence-electron chi connectivity index (χ0n) is 14.6. The van der Waals surface area contributed by atoms with E-state index in [4.69, 9.17) is 0 Å². The highest BCUT2D eigenvalue weighted by atomic mass is 32.2. The molecule has 0 saturated heterocycles. The lowest BCUT2D eigenvalue weighted by molar-refractivity contribution is 0.148. The van der Waals surface area contributed by atoms with Gasteiger partial charge in [-0.25, -0.2) is 8.42 Å². The summed E-state index contributed by atoms with van der Waals surface area (Å²) in [5.41, 5.74) is -0.230. The molecule has 3 nitrogen and oxygen atoms in total. The van der Waals surface area contributed by atoms with Crippen molar-refractivity contribution in [2.75, 3.05) is 6.54 Å². The molecule has 0 aromatic carbocycles. The number of nitrogens with zero attached hydrogens (tertiary/aromatic N) is 1. The Labute approximate surface area is 126 Å². The molecule has 0 aromatic heterocycles. The van der Waals surface area contributed by atoms with Crippen LogP contribution in [-0.4, -0.2) is 29.6 Å². The zero-order valence-corrected chi connectivity index (χ0v) is 15.4. The van der Waals surface area contributed by atoms with Gasteiger partial charge in [0.1, 0.15) is 0 Å². The first-order chi connectivity index (χ1) is 8.67. The fraction of sp³-hybridized carbons (Fsp3) is 1.00. The van der Waals surface area contributed by atoms with Gasteiger partial charge in [-0.05, 0) is 65.2 Å². The number of hydrogen-bond acceptors (Lipinski definition) is 2. The fourth-order valence-corrected chi connectivity index (χ4v) is 4.71. The average molecular weight is 304 g/mol. The van der Waals surface area contributed by atoms with Gasteiger partial charge in [0.15, 0.2) is 0 Å². The van der Waals surface area contributed by atoms with Crippen molar-refractivity contribution < 1.29 is 8.42 Å². The van der Waals surface area contributed by atoms with Gasteiger partial charge in [-0.15, -0.1) is 0 Å². The highest BCUT2D eigenvalue weighted by Gasteiger charge is 2.46. The zero-order chi connectivity index (χ0) is 16.0. The van der Waals surface area contributed by atoms with E-state index >= 15 is 0 Å². The standard InChI is InChI=1S/C16H33NO2S/c1-14(2,3)12-16(7,8)17(11-13-9-10-13)20(18,19)15(4,5)6/h13H,9-12H2,1-8H3. The predicted molar refractivity (Wildman–Crippen MR) is 86.3 cm³/mol. The second kappa shape index (κ2) is 5.28. The van der Waals surface area contributed by atoms with E-state index < -0.39 is 14.8 Å². The largest absolute Gasteiger partial charge is 0.219 e. The molecule has 0 aliphatic heterocycles. The van der Waals surface area contributed by atoms with Crippen LogP contribution in [0.15, 0.2) is 0 Å². The SMILES string of the molecule is CC(C)(C)CC(C)(C)N(CC1CC1)S(=O)(=O)C(C)(C)C. The quantitative estimate of drug-likeness (QED) is 0.768. The van der Waals surface area contributed by atoms with Gasteiger partial charge < -0.3 is 0 Å². The molecule has 1 aliphatic carbocycles. The Hall–Kier alpha value is -0.0900. The van der Waals surface area contributed by atoms with Crippen LogP contribution in [0.3, 0.4) is 0 Å². The highest BCUT2D eigenvalue weighted by molar-refractivity contribution is 7.90. The minimum Gasteiger partial charge on any atom is -0.212 e. The average Bonchev–Trinajstić information content (AvgIpc) is 2.90. The first kappa shape index (κ1) is 18.0. The summed E-state index contributed by atoms with van der Waals surface area (Å²) in [6.45, 7) is 16.8. The molecule has 120 valence electrons. The Morgan fingerprint density at radius 2 is 1.40 bits per heavy atom. The molecule has 4 heteroatoms. The molecular weight excluding hydrogens is 270 g/mol. The Kier molecular flexibility index (Phi) is 4.74. The van der Waals surface area contributed by atoms with Crippen molar-refractivity contribution in [3.8, 4) is 0 Å². The molecule has 1 saturated carbocycles. The van der Waals surface area contributed by atoms with Gasteiger partial charge in [-0.3, -0.25) is 0 Å². The van der Waals surface area contributed by atoms with E-state index in [0.717, 1.165) is 6.42 Å². The number of rotatable bonds is 5. The Balaban J connectivity index is 3.12. The lowest BCUT2D eigenvalue weighted by Crippen LogP contribution is -2.55. The van der Waals surface area contributed by atoms with E-state index in [1.54, 1.807) is 25.1 Å².